The molecule has 0 aliphatic heterocycles. The van der Waals surface area contributed by atoms with Crippen LogP contribution in [0, 0.1) is 0 Å². The second-order valence-corrected chi connectivity index (χ2v) is 5.27. The molecule has 98 valence electrons. The van der Waals surface area contributed by atoms with Crippen LogP contribution < -0.4 is 0 Å². The van der Waals surface area contributed by atoms with Gasteiger partial charge < -0.3 is 9.67 Å². The van der Waals surface area contributed by atoms with E-state index in [2.05, 4.69) is 0 Å². The zero-order valence-corrected chi connectivity index (χ0v) is 11.2. The van der Waals surface area contributed by atoms with Crippen LogP contribution in [0.2, 0.25) is 5.02 Å². The van der Waals surface area contributed by atoms with E-state index < -0.39 is 5.97 Å². The molecule has 2 aromatic rings. The van der Waals surface area contributed by atoms with Crippen LogP contribution in [0.4, 0.5) is 0 Å². The number of nitrogens with zero attached hydrogens (tertiary/aromatic N) is 1. The molecule has 0 atom stereocenters. The number of halogens is 1. The molecule has 1 aliphatic rings. The minimum absolute atomic E-state index is 0.328. The summed E-state index contributed by atoms with van der Waals surface area (Å²) in [7, 11) is 0. The lowest BCUT2D eigenvalue weighted by Crippen LogP contribution is -2.11. The fourth-order valence-corrected chi connectivity index (χ4v) is 2.95. The standard InChI is InChI=1S/C15H14ClNO2/c16-11-5-3-6-12(9-11)17-13-7-2-1-4-10(13)8-14(17)15(18)19/h3,5-6,8-9H,1-2,4,7H2,(H,18,19). The highest BCUT2D eigenvalue weighted by Crippen LogP contribution is 2.29. The number of hydrogen-bond donors (Lipinski definition) is 1. The first-order valence-corrected chi connectivity index (χ1v) is 6.77. The summed E-state index contributed by atoms with van der Waals surface area (Å²) in [5, 5.41) is 10.0. The number of aromatic nitrogens is 1. The highest BCUT2D eigenvalue weighted by Gasteiger charge is 2.22. The average Bonchev–Trinajstić information content (AvgIpc) is 2.78. The Morgan fingerprint density at radius 2 is 2.00 bits per heavy atom. The van der Waals surface area contributed by atoms with Gasteiger partial charge in [0.1, 0.15) is 5.69 Å². The summed E-state index contributed by atoms with van der Waals surface area (Å²) in [5.41, 5.74) is 3.43. The minimum Gasteiger partial charge on any atom is -0.477 e. The van der Waals surface area contributed by atoms with Gasteiger partial charge >= 0.3 is 5.97 Å². The van der Waals surface area contributed by atoms with Gasteiger partial charge in [-0.15, -0.1) is 0 Å². The van der Waals surface area contributed by atoms with Crippen molar-refractivity contribution in [3.63, 3.8) is 0 Å². The smallest absolute Gasteiger partial charge is 0.352 e. The van der Waals surface area contributed by atoms with E-state index in [1.807, 2.05) is 22.8 Å². The first kappa shape index (κ1) is 12.3. The van der Waals surface area contributed by atoms with E-state index in [-0.39, 0.29) is 0 Å². The summed E-state index contributed by atoms with van der Waals surface area (Å²) in [4.78, 5) is 11.4. The third-order valence-corrected chi connectivity index (χ3v) is 3.82. The van der Waals surface area contributed by atoms with Gasteiger partial charge in [0, 0.05) is 16.4 Å². The predicted molar refractivity (Wildman–Crippen MR) is 74.4 cm³/mol. The lowest BCUT2D eigenvalue weighted by molar-refractivity contribution is 0.0688. The van der Waals surface area contributed by atoms with Crippen molar-refractivity contribution in [3.8, 4) is 5.69 Å². The average molecular weight is 276 g/mol. The number of aryl methyl sites for hydroxylation is 1. The topological polar surface area (TPSA) is 42.2 Å². The molecule has 0 bridgehead atoms. The van der Waals surface area contributed by atoms with Gasteiger partial charge in [-0.1, -0.05) is 17.7 Å². The Morgan fingerprint density at radius 1 is 1.21 bits per heavy atom. The molecule has 4 heteroatoms. The molecule has 1 heterocycles. The van der Waals surface area contributed by atoms with Crippen molar-refractivity contribution in [2.45, 2.75) is 25.7 Å². The summed E-state index contributed by atoms with van der Waals surface area (Å²) in [6.07, 6.45) is 4.13. The van der Waals surface area contributed by atoms with Gasteiger partial charge in [-0.2, -0.15) is 0 Å². The Kier molecular flexibility index (Phi) is 3.07. The highest BCUT2D eigenvalue weighted by molar-refractivity contribution is 6.30. The number of carboxylic acid groups (broad SMARTS) is 1. The first-order valence-electron chi connectivity index (χ1n) is 6.39. The van der Waals surface area contributed by atoms with Gasteiger partial charge in [-0.3, -0.25) is 0 Å². The van der Waals surface area contributed by atoms with Crippen LogP contribution in [0.15, 0.2) is 30.3 Å². The number of benzene rings is 1. The fourth-order valence-electron chi connectivity index (χ4n) is 2.77. The molecule has 0 radical (unpaired) electrons. The zero-order valence-electron chi connectivity index (χ0n) is 10.4. The van der Waals surface area contributed by atoms with Crippen LogP contribution in [0.5, 0.6) is 0 Å². The van der Waals surface area contributed by atoms with Gasteiger partial charge in [0.2, 0.25) is 0 Å². The molecule has 0 unspecified atom stereocenters. The molecule has 0 saturated carbocycles. The van der Waals surface area contributed by atoms with Gasteiger partial charge in [0.05, 0.1) is 0 Å². The monoisotopic (exact) mass is 275 g/mol. The minimum atomic E-state index is -0.894. The normalized spacial score (nSPS) is 14.2. The molecule has 0 amide bonds. The van der Waals surface area contributed by atoms with Gasteiger partial charge in [0.15, 0.2) is 0 Å². The molecule has 1 aromatic heterocycles. The van der Waals surface area contributed by atoms with Crippen molar-refractivity contribution in [1.29, 1.82) is 0 Å². The molecule has 1 N–H and O–H groups in total. The number of aromatic carboxylic acids is 1. The molecule has 1 aromatic carbocycles. The van der Waals surface area contributed by atoms with Crippen LogP contribution in [-0.2, 0) is 12.8 Å². The molecule has 3 rings (SSSR count). The van der Waals surface area contributed by atoms with Crippen LogP contribution in [0.25, 0.3) is 5.69 Å². The number of carboxylic acids is 1. The highest BCUT2D eigenvalue weighted by atomic mass is 35.5. The first-order chi connectivity index (χ1) is 9.16. The molecule has 0 saturated heterocycles. The van der Waals surface area contributed by atoms with Crippen LogP contribution >= 0.6 is 11.6 Å². The van der Waals surface area contributed by atoms with Crippen molar-refractivity contribution in [2.75, 3.05) is 0 Å². The lowest BCUT2D eigenvalue weighted by atomic mass is 9.98. The molecule has 0 fully saturated rings. The number of fused-ring (bicyclic) bond motifs is 1. The van der Waals surface area contributed by atoms with Crippen molar-refractivity contribution < 1.29 is 9.90 Å². The summed E-state index contributed by atoms with van der Waals surface area (Å²) in [5.74, 6) is -0.894. The molecule has 1 aliphatic carbocycles. The molecule has 0 spiro atoms. The summed E-state index contributed by atoms with van der Waals surface area (Å²) in [6.45, 7) is 0. The van der Waals surface area contributed by atoms with Gasteiger partial charge in [-0.25, -0.2) is 4.79 Å². The number of carbonyl (C=O) groups is 1. The van der Waals surface area contributed by atoms with E-state index in [9.17, 15) is 9.90 Å². The zero-order chi connectivity index (χ0) is 13.4. The van der Waals surface area contributed by atoms with E-state index >= 15 is 0 Å². The lowest BCUT2D eigenvalue weighted by Gasteiger charge is -2.16. The fraction of sp³-hybridized carbons (Fsp3) is 0.267. The Bertz CT molecular complexity index is 646. The third kappa shape index (κ3) is 2.15. The third-order valence-electron chi connectivity index (χ3n) is 3.59. The van der Waals surface area contributed by atoms with Crippen LogP contribution in [0.1, 0.15) is 34.6 Å². The van der Waals surface area contributed by atoms with Gasteiger partial charge in [0.25, 0.3) is 0 Å². The maximum atomic E-state index is 11.4. The maximum Gasteiger partial charge on any atom is 0.352 e. The maximum absolute atomic E-state index is 11.4. The molecule has 19 heavy (non-hydrogen) atoms. The SMILES string of the molecule is O=C(O)c1cc2c(n1-c1cccc(Cl)c1)CCCC2. The summed E-state index contributed by atoms with van der Waals surface area (Å²) >= 11 is 6.02. The second-order valence-electron chi connectivity index (χ2n) is 4.83. The quantitative estimate of drug-likeness (QED) is 0.908. The number of hydrogen-bond acceptors (Lipinski definition) is 1. The van der Waals surface area contributed by atoms with Crippen molar-refractivity contribution in [2.24, 2.45) is 0 Å². The Morgan fingerprint density at radius 3 is 2.74 bits per heavy atom. The molecule has 3 nitrogen and oxygen atoms in total. The molecular formula is C15H14ClNO2. The van der Waals surface area contributed by atoms with Crippen LogP contribution in [0.3, 0.4) is 0 Å². The number of rotatable bonds is 2. The Hall–Kier alpha value is -1.74. The van der Waals surface area contributed by atoms with Crippen molar-refractivity contribution >= 4 is 17.6 Å². The van der Waals surface area contributed by atoms with Crippen molar-refractivity contribution in [3.05, 3.63) is 52.3 Å². The summed E-state index contributed by atoms with van der Waals surface area (Å²) in [6, 6.07) is 9.15. The Balaban J connectivity index is 2.23. The molecular weight excluding hydrogens is 262 g/mol. The van der Waals surface area contributed by atoms with Gasteiger partial charge in [-0.05, 0) is 55.5 Å². The van der Waals surface area contributed by atoms with E-state index in [1.165, 1.54) is 0 Å². The largest absolute Gasteiger partial charge is 0.477 e. The Labute approximate surface area is 116 Å². The van der Waals surface area contributed by atoms with E-state index in [1.54, 1.807) is 12.1 Å². The van der Waals surface area contributed by atoms with E-state index in [4.69, 9.17) is 11.6 Å². The second kappa shape index (κ2) is 4.74. The van der Waals surface area contributed by atoms with E-state index in [0.29, 0.717) is 10.7 Å². The van der Waals surface area contributed by atoms with E-state index in [0.717, 1.165) is 42.6 Å². The predicted octanol–water partition coefficient (Wildman–Crippen LogP) is 3.71. The van der Waals surface area contributed by atoms with Crippen LogP contribution in [-0.4, -0.2) is 15.6 Å². The summed E-state index contributed by atoms with van der Waals surface area (Å²) < 4.78 is 1.84. The van der Waals surface area contributed by atoms with Crippen molar-refractivity contribution in [1.82, 2.24) is 4.57 Å².